The zero-order valence-corrected chi connectivity index (χ0v) is 19.0. The molecule has 1 unspecified atom stereocenters. The lowest BCUT2D eigenvalue weighted by Gasteiger charge is -2.33. The molecular weight excluding hydrogens is 451 g/mol. The van der Waals surface area contributed by atoms with Gasteiger partial charge in [-0.3, -0.25) is 28.7 Å². The summed E-state index contributed by atoms with van der Waals surface area (Å²) in [5.74, 6) is -1.99. The Kier molecular flexibility index (Phi) is 7.45. The summed E-state index contributed by atoms with van der Waals surface area (Å²) < 4.78 is 14.5. The van der Waals surface area contributed by atoms with Crippen molar-refractivity contribution in [2.75, 3.05) is 13.1 Å². The predicted octanol–water partition coefficient (Wildman–Crippen LogP) is 2.36. The van der Waals surface area contributed by atoms with Crippen molar-refractivity contribution in [1.29, 1.82) is 0 Å². The summed E-state index contributed by atoms with van der Waals surface area (Å²) in [7, 11) is 0. The van der Waals surface area contributed by atoms with Gasteiger partial charge in [-0.25, -0.2) is 4.39 Å². The zero-order valence-electron chi connectivity index (χ0n) is 19.0. The molecule has 0 aliphatic carbocycles. The first-order valence-corrected chi connectivity index (χ1v) is 11.4. The van der Waals surface area contributed by atoms with Crippen molar-refractivity contribution in [1.82, 2.24) is 19.8 Å². The average Bonchev–Trinajstić information content (AvgIpc) is 2.89. The fourth-order valence-electron chi connectivity index (χ4n) is 4.15. The molecule has 2 aromatic heterocycles. The van der Waals surface area contributed by atoms with Crippen molar-refractivity contribution >= 4 is 17.6 Å². The Morgan fingerprint density at radius 1 is 1.03 bits per heavy atom. The fraction of sp³-hybridized carbons (Fsp3) is 0.269. The van der Waals surface area contributed by atoms with E-state index in [1.165, 1.54) is 35.4 Å². The molecule has 1 aliphatic rings. The van der Waals surface area contributed by atoms with E-state index in [1.54, 1.807) is 24.5 Å². The number of piperidine rings is 1. The van der Waals surface area contributed by atoms with Gasteiger partial charge in [0.25, 0.3) is 11.5 Å². The maximum absolute atomic E-state index is 13.5. The van der Waals surface area contributed by atoms with Crippen LogP contribution in [0, 0.1) is 11.7 Å². The number of likely N-dealkylation sites (tertiary alicyclic amines) is 1. The van der Waals surface area contributed by atoms with Crippen LogP contribution in [0.25, 0.3) is 0 Å². The second-order valence-corrected chi connectivity index (χ2v) is 8.40. The monoisotopic (exact) mass is 476 g/mol. The normalized spacial score (nSPS) is 14.8. The molecule has 0 spiro atoms. The Morgan fingerprint density at radius 2 is 1.77 bits per heavy atom. The lowest BCUT2D eigenvalue weighted by atomic mass is 9.94. The number of ketones is 1. The maximum atomic E-state index is 13.5. The van der Waals surface area contributed by atoms with Crippen molar-refractivity contribution < 1.29 is 18.8 Å². The van der Waals surface area contributed by atoms with Gasteiger partial charge in [0, 0.05) is 55.8 Å². The number of aromatic nitrogens is 2. The molecule has 9 heteroatoms. The lowest BCUT2D eigenvalue weighted by molar-refractivity contribution is -0.137. The van der Waals surface area contributed by atoms with Gasteiger partial charge in [0.15, 0.2) is 11.8 Å². The highest BCUT2D eigenvalue weighted by Gasteiger charge is 2.36. The number of carbonyl (C=O) groups is 3. The molecule has 1 fully saturated rings. The highest BCUT2D eigenvalue weighted by Crippen LogP contribution is 2.23. The second-order valence-electron chi connectivity index (χ2n) is 8.40. The summed E-state index contributed by atoms with van der Waals surface area (Å²) in [6, 6.07) is 11.5. The molecule has 1 N–H and O–H groups in total. The predicted molar refractivity (Wildman–Crippen MR) is 126 cm³/mol. The molecule has 4 rings (SSSR count). The van der Waals surface area contributed by atoms with Crippen molar-refractivity contribution in [2.24, 2.45) is 5.92 Å². The van der Waals surface area contributed by atoms with Gasteiger partial charge in [-0.1, -0.05) is 12.1 Å². The number of hydrogen-bond acceptors (Lipinski definition) is 5. The number of benzene rings is 1. The zero-order chi connectivity index (χ0) is 24.8. The molecule has 0 saturated carbocycles. The molecule has 1 atom stereocenters. The number of hydrogen-bond donors (Lipinski definition) is 1. The van der Waals surface area contributed by atoms with Crippen LogP contribution in [0.3, 0.4) is 0 Å². The smallest absolute Gasteiger partial charge is 0.253 e. The summed E-state index contributed by atoms with van der Waals surface area (Å²) >= 11 is 0. The van der Waals surface area contributed by atoms with Crippen LogP contribution in [0.5, 0.6) is 0 Å². The quantitative estimate of drug-likeness (QED) is 0.417. The molecule has 35 heavy (non-hydrogen) atoms. The van der Waals surface area contributed by atoms with Crippen LogP contribution in [0.2, 0.25) is 0 Å². The van der Waals surface area contributed by atoms with Crippen LogP contribution in [0.15, 0.2) is 78.0 Å². The number of nitrogens with one attached hydrogen (secondary N) is 1. The first-order valence-electron chi connectivity index (χ1n) is 11.4. The van der Waals surface area contributed by atoms with Crippen molar-refractivity contribution in [3.05, 3.63) is 100 Å². The molecule has 1 aliphatic heterocycles. The van der Waals surface area contributed by atoms with Crippen LogP contribution in [0.4, 0.5) is 4.39 Å². The third kappa shape index (κ3) is 5.68. The van der Waals surface area contributed by atoms with Gasteiger partial charge in [0.2, 0.25) is 5.91 Å². The van der Waals surface area contributed by atoms with Gasteiger partial charge in [0.05, 0.1) is 0 Å². The topological polar surface area (TPSA) is 101 Å². The van der Waals surface area contributed by atoms with Crippen molar-refractivity contribution in [3.63, 3.8) is 0 Å². The number of halogens is 1. The number of rotatable bonds is 7. The van der Waals surface area contributed by atoms with E-state index in [1.807, 2.05) is 6.07 Å². The summed E-state index contributed by atoms with van der Waals surface area (Å²) in [5.41, 5.74) is 0.528. The van der Waals surface area contributed by atoms with E-state index in [9.17, 15) is 23.6 Å². The Labute approximate surface area is 201 Å². The Hall–Kier alpha value is -4.14. The number of pyridine rings is 2. The molecule has 0 radical (unpaired) electrons. The SMILES string of the molecule is O=C(NCc1cccnc1)C1CCN(C(=O)C(C(=O)c2ccc(F)cc2)n2ccccc2=O)CC1. The average molecular weight is 477 g/mol. The number of Topliss-reactive ketones (excluding diaryl/α,β-unsaturated/α-hetero) is 1. The first-order chi connectivity index (χ1) is 16.9. The Balaban J connectivity index is 1.46. The third-order valence-electron chi connectivity index (χ3n) is 6.11. The van der Waals surface area contributed by atoms with Crippen LogP contribution in [0.1, 0.15) is 34.8 Å². The van der Waals surface area contributed by atoms with Gasteiger partial charge >= 0.3 is 0 Å². The highest BCUT2D eigenvalue weighted by atomic mass is 19.1. The van der Waals surface area contributed by atoms with Gasteiger partial charge in [0.1, 0.15) is 5.82 Å². The van der Waals surface area contributed by atoms with E-state index in [-0.39, 0.29) is 30.5 Å². The minimum Gasteiger partial charge on any atom is -0.352 e. The minimum atomic E-state index is -1.41. The summed E-state index contributed by atoms with van der Waals surface area (Å²) in [6.45, 7) is 0.925. The molecule has 180 valence electrons. The van der Waals surface area contributed by atoms with Gasteiger partial charge in [-0.05, 0) is 54.8 Å². The molecule has 1 aromatic carbocycles. The second kappa shape index (κ2) is 10.9. The molecule has 8 nitrogen and oxygen atoms in total. The molecule has 2 amide bonds. The van der Waals surface area contributed by atoms with E-state index in [4.69, 9.17) is 0 Å². The molecule has 3 heterocycles. The highest BCUT2D eigenvalue weighted by molar-refractivity contribution is 6.11. The first kappa shape index (κ1) is 24.0. The minimum absolute atomic E-state index is 0.0980. The fourth-order valence-corrected chi connectivity index (χ4v) is 4.15. The van der Waals surface area contributed by atoms with Crippen LogP contribution < -0.4 is 10.9 Å². The van der Waals surface area contributed by atoms with Crippen molar-refractivity contribution in [3.8, 4) is 0 Å². The Morgan fingerprint density at radius 3 is 2.43 bits per heavy atom. The molecule has 3 aromatic rings. The molecule has 0 bridgehead atoms. The van der Waals surface area contributed by atoms with Crippen LogP contribution in [-0.4, -0.2) is 45.1 Å². The Bertz CT molecular complexity index is 1250. The number of nitrogens with zero attached hydrogens (tertiary/aromatic N) is 3. The number of carbonyl (C=O) groups excluding carboxylic acids is 3. The van der Waals surface area contributed by atoms with E-state index in [0.717, 1.165) is 22.3 Å². The van der Waals surface area contributed by atoms with Gasteiger partial charge in [-0.15, -0.1) is 0 Å². The molecular formula is C26H25FN4O4. The van der Waals surface area contributed by atoms with Gasteiger partial charge in [-0.2, -0.15) is 0 Å². The van der Waals surface area contributed by atoms with Crippen LogP contribution in [-0.2, 0) is 16.1 Å². The van der Waals surface area contributed by atoms with E-state index < -0.39 is 29.1 Å². The maximum Gasteiger partial charge on any atom is 0.253 e. The summed E-state index contributed by atoms with van der Waals surface area (Å²) in [6.07, 6.45) is 5.61. The standard InChI is InChI=1S/C26H25FN4O4/c27-21-8-6-19(7-9-21)24(33)23(31-13-2-1-5-22(31)32)26(35)30-14-10-20(11-15-30)25(34)29-17-18-4-3-12-28-16-18/h1-9,12-13,16,20,23H,10-11,14-15,17H2,(H,29,34). The van der Waals surface area contributed by atoms with Crippen molar-refractivity contribution in [2.45, 2.75) is 25.4 Å². The third-order valence-corrected chi connectivity index (χ3v) is 6.11. The van der Waals surface area contributed by atoms with E-state index in [0.29, 0.717) is 19.4 Å². The van der Waals surface area contributed by atoms with Crippen LogP contribution >= 0.6 is 0 Å². The van der Waals surface area contributed by atoms with E-state index in [2.05, 4.69) is 10.3 Å². The largest absolute Gasteiger partial charge is 0.352 e. The number of amides is 2. The summed E-state index contributed by atoms with van der Waals surface area (Å²) in [4.78, 5) is 57.4. The molecule has 1 saturated heterocycles. The van der Waals surface area contributed by atoms with E-state index >= 15 is 0 Å². The lowest BCUT2D eigenvalue weighted by Crippen LogP contribution is -2.48. The summed E-state index contributed by atoms with van der Waals surface area (Å²) in [5, 5.41) is 2.90. The van der Waals surface area contributed by atoms with Gasteiger partial charge < -0.3 is 10.2 Å².